The molecule has 0 saturated heterocycles. The van der Waals surface area contributed by atoms with Gasteiger partial charge in [-0.05, 0) is 19.4 Å². The minimum absolute atomic E-state index is 0.0456. The molecule has 0 heterocycles. The van der Waals surface area contributed by atoms with Gasteiger partial charge in [0.15, 0.2) is 0 Å². The Hall–Kier alpha value is -2.69. The summed E-state index contributed by atoms with van der Waals surface area (Å²) in [6.07, 6.45) is 5.02. The maximum atomic E-state index is 11.7. The zero-order chi connectivity index (χ0) is 17.1. The van der Waals surface area contributed by atoms with E-state index in [0.717, 1.165) is 5.56 Å². The van der Waals surface area contributed by atoms with Crippen molar-refractivity contribution in [2.75, 3.05) is 13.2 Å². The first-order chi connectivity index (χ1) is 11.0. The quantitative estimate of drug-likeness (QED) is 0.242. The SMILES string of the molecule is CC(=O)CC(=O)OCCOC(=O)C(C)=CC=Cc1ccccc1. The highest BCUT2D eigenvalue weighted by Crippen LogP contribution is 2.03. The van der Waals surface area contributed by atoms with Crippen LogP contribution in [0.15, 0.2) is 48.1 Å². The fraction of sp³-hybridized carbons (Fsp3) is 0.278. The van der Waals surface area contributed by atoms with Crippen LogP contribution in [0.5, 0.6) is 0 Å². The summed E-state index contributed by atoms with van der Waals surface area (Å²) in [7, 11) is 0. The van der Waals surface area contributed by atoms with Crippen LogP contribution in [0, 0.1) is 0 Å². The molecule has 0 bridgehead atoms. The molecule has 122 valence electrons. The maximum absolute atomic E-state index is 11.7. The van der Waals surface area contributed by atoms with Crippen molar-refractivity contribution < 1.29 is 23.9 Å². The Morgan fingerprint density at radius 1 is 1.00 bits per heavy atom. The molecule has 0 radical (unpaired) electrons. The van der Waals surface area contributed by atoms with E-state index in [0.29, 0.717) is 5.57 Å². The monoisotopic (exact) mass is 316 g/mol. The Balaban J connectivity index is 2.31. The molecule has 1 aromatic carbocycles. The first-order valence-corrected chi connectivity index (χ1v) is 7.21. The molecule has 5 nitrogen and oxygen atoms in total. The number of ether oxygens (including phenoxy) is 2. The van der Waals surface area contributed by atoms with Gasteiger partial charge in [0.05, 0.1) is 0 Å². The lowest BCUT2D eigenvalue weighted by atomic mass is 10.2. The van der Waals surface area contributed by atoms with Crippen molar-refractivity contribution in [1.29, 1.82) is 0 Å². The molecule has 0 unspecified atom stereocenters. The molecular formula is C18H20O5. The van der Waals surface area contributed by atoms with Gasteiger partial charge in [-0.1, -0.05) is 48.6 Å². The Morgan fingerprint density at radius 3 is 2.30 bits per heavy atom. The molecule has 0 spiro atoms. The van der Waals surface area contributed by atoms with E-state index in [2.05, 4.69) is 0 Å². The lowest BCUT2D eigenvalue weighted by Gasteiger charge is -2.05. The van der Waals surface area contributed by atoms with Gasteiger partial charge in [-0.2, -0.15) is 0 Å². The van der Waals surface area contributed by atoms with Crippen molar-refractivity contribution in [2.24, 2.45) is 0 Å². The van der Waals surface area contributed by atoms with Gasteiger partial charge < -0.3 is 9.47 Å². The number of benzene rings is 1. The van der Waals surface area contributed by atoms with E-state index in [4.69, 9.17) is 9.47 Å². The zero-order valence-electron chi connectivity index (χ0n) is 13.3. The molecule has 1 rings (SSSR count). The van der Waals surface area contributed by atoms with Crippen LogP contribution in [0.1, 0.15) is 25.8 Å². The Labute approximate surface area is 135 Å². The third-order valence-corrected chi connectivity index (χ3v) is 2.73. The molecule has 1 aromatic rings. The number of rotatable bonds is 8. The van der Waals surface area contributed by atoms with Crippen LogP contribution in [-0.2, 0) is 23.9 Å². The van der Waals surface area contributed by atoms with Crippen LogP contribution in [0.3, 0.4) is 0 Å². The lowest BCUT2D eigenvalue weighted by molar-refractivity contribution is -0.151. The lowest BCUT2D eigenvalue weighted by Crippen LogP contribution is -2.15. The van der Waals surface area contributed by atoms with Gasteiger partial charge in [0.1, 0.15) is 25.4 Å². The number of Topliss-reactive ketones (excluding diaryl/α,β-unsaturated/α-hetero) is 1. The van der Waals surface area contributed by atoms with E-state index in [1.54, 1.807) is 19.1 Å². The van der Waals surface area contributed by atoms with Gasteiger partial charge >= 0.3 is 11.9 Å². The summed E-state index contributed by atoms with van der Waals surface area (Å²) in [5.41, 5.74) is 1.47. The average molecular weight is 316 g/mol. The number of hydrogen-bond donors (Lipinski definition) is 0. The zero-order valence-corrected chi connectivity index (χ0v) is 13.3. The van der Waals surface area contributed by atoms with Crippen LogP contribution in [0.25, 0.3) is 6.08 Å². The Bertz CT molecular complexity index is 599. The number of hydrogen-bond acceptors (Lipinski definition) is 5. The Kier molecular flexibility index (Phi) is 8.07. The topological polar surface area (TPSA) is 69.7 Å². The van der Waals surface area contributed by atoms with Gasteiger partial charge in [0.2, 0.25) is 0 Å². The van der Waals surface area contributed by atoms with Crippen LogP contribution in [0.4, 0.5) is 0 Å². The second-order valence-corrected chi connectivity index (χ2v) is 4.85. The summed E-state index contributed by atoms with van der Waals surface area (Å²) < 4.78 is 9.71. The van der Waals surface area contributed by atoms with Crippen molar-refractivity contribution in [3.05, 3.63) is 53.6 Å². The molecule has 0 amide bonds. The largest absolute Gasteiger partial charge is 0.462 e. The summed E-state index contributed by atoms with van der Waals surface area (Å²) in [5, 5.41) is 0. The summed E-state index contributed by atoms with van der Waals surface area (Å²) in [5.74, 6) is -1.37. The van der Waals surface area contributed by atoms with Gasteiger partial charge in [-0.15, -0.1) is 0 Å². The summed E-state index contributed by atoms with van der Waals surface area (Å²) >= 11 is 0. The highest BCUT2D eigenvalue weighted by atomic mass is 16.6. The number of carbonyl (C=O) groups is 3. The molecule has 0 saturated carbocycles. The first kappa shape index (κ1) is 18.4. The van der Waals surface area contributed by atoms with Gasteiger partial charge in [0, 0.05) is 5.57 Å². The van der Waals surface area contributed by atoms with Crippen molar-refractivity contribution in [1.82, 2.24) is 0 Å². The number of esters is 2. The molecule has 0 N–H and O–H groups in total. The van der Waals surface area contributed by atoms with E-state index >= 15 is 0 Å². The Morgan fingerprint density at radius 2 is 1.65 bits per heavy atom. The van der Waals surface area contributed by atoms with E-state index in [9.17, 15) is 14.4 Å². The highest BCUT2D eigenvalue weighted by molar-refractivity contribution is 5.94. The average Bonchev–Trinajstić information content (AvgIpc) is 2.51. The van der Waals surface area contributed by atoms with Crippen molar-refractivity contribution in [3.63, 3.8) is 0 Å². The number of carbonyl (C=O) groups excluding carboxylic acids is 3. The molecule has 0 atom stereocenters. The predicted octanol–water partition coefficient (Wildman–Crippen LogP) is 2.71. The molecule has 0 aliphatic rings. The van der Waals surface area contributed by atoms with Gasteiger partial charge in [-0.25, -0.2) is 4.79 Å². The molecule has 0 aromatic heterocycles. The fourth-order valence-corrected chi connectivity index (χ4v) is 1.59. The van der Waals surface area contributed by atoms with E-state index in [1.807, 2.05) is 36.4 Å². The summed E-state index contributed by atoms with van der Waals surface area (Å²) in [6.45, 7) is 2.83. The highest BCUT2D eigenvalue weighted by Gasteiger charge is 2.08. The van der Waals surface area contributed by atoms with Crippen molar-refractivity contribution >= 4 is 23.8 Å². The predicted molar refractivity (Wildman–Crippen MR) is 86.4 cm³/mol. The second kappa shape index (κ2) is 10.1. The van der Waals surface area contributed by atoms with E-state index < -0.39 is 11.9 Å². The first-order valence-electron chi connectivity index (χ1n) is 7.21. The fourth-order valence-electron chi connectivity index (χ4n) is 1.59. The molecule has 5 heteroatoms. The minimum Gasteiger partial charge on any atom is -0.462 e. The van der Waals surface area contributed by atoms with Crippen LogP contribution < -0.4 is 0 Å². The van der Waals surface area contributed by atoms with Crippen molar-refractivity contribution in [2.45, 2.75) is 20.3 Å². The molecular weight excluding hydrogens is 296 g/mol. The van der Waals surface area contributed by atoms with Crippen LogP contribution in [0.2, 0.25) is 0 Å². The van der Waals surface area contributed by atoms with Crippen molar-refractivity contribution in [3.8, 4) is 0 Å². The second-order valence-electron chi connectivity index (χ2n) is 4.85. The summed E-state index contributed by atoms with van der Waals surface area (Å²) in [6, 6.07) is 9.69. The van der Waals surface area contributed by atoms with Crippen LogP contribution >= 0.6 is 0 Å². The van der Waals surface area contributed by atoms with Crippen LogP contribution in [-0.4, -0.2) is 30.9 Å². The summed E-state index contributed by atoms with van der Waals surface area (Å²) in [4.78, 5) is 33.5. The third kappa shape index (κ3) is 8.36. The molecule has 0 aliphatic heterocycles. The smallest absolute Gasteiger partial charge is 0.333 e. The molecule has 0 aliphatic carbocycles. The van der Waals surface area contributed by atoms with Gasteiger partial charge in [0.25, 0.3) is 0 Å². The maximum Gasteiger partial charge on any atom is 0.333 e. The molecule has 23 heavy (non-hydrogen) atoms. The number of allylic oxidation sites excluding steroid dienone is 2. The number of ketones is 1. The third-order valence-electron chi connectivity index (χ3n) is 2.73. The van der Waals surface area contributed by atoms with E-state index in [-0.39, 0.29) is 25.4 Å². The standard InChI is InChI=1S/C18H20O5/c1-14(7-6-10-16-8-4-3-5-9-16)18(21)23-12-11-22-17(20)13-15(2)19/h3-10H,11-13H2,1-2H3. The van der Waals surface area contributed by atoms with Gasteiger partial charge in [-0.3, -0.25) is 9.59 Å². The van der Waals surface area contributed by atoms with E-state index in [1.165, 1.54) is 6.92 Å². The minimum atomic E-state index is -0.619. The molecule has 0 fully saturated rings. The normalized spacial score (nSPS) is 11.3.